The van der Waals surface area contributed by atoms with E-state index in [0.29, 0.717) is 16.6 Å². The number of aliphatic hydroxyl groups excluding tert-OH is 1. The van der Waals surface area contributed by atoms with Crippen LogP contribution in [0.15, 0.2) is 24.5 Å². The topological polar surface area (TPSA) is 38.1 Å². The number of aliphatic hydroxyl groups is 1. The molecule has 0 atom stereocenters. The molecule has 6 heteroatoms. The molecule has 0 radical (unpaired) electrons. The molecule has 0 spiro atoms. The van der Waals surface area contributed by atoms with Gasteiger partial charge < -0.3 is 9.67 Å². The highest BCUT2D eigenvalue weighted by molar-refractivity contribution is 5.78. The molecule has 0 aliphatic carbocycles. The molecular weight excluding hydrogens is 221 g/mol. The fraction of sp³-hybridized carbons (Fsp3) is 0.300. The van der Waals surface area contributed by atoms with E-state index in [4.69, 9.17) is 5.11 Å². The quantitative estimate of drug-likeness (QED) is 0.857. The number of imidazole rings is 1. The summed E-state index contributed by atoms with van der Waals surface area (Å²) in [5.74, 6) is 0. The lowest BCUT2D eigenvalue weighted by atomic mass is 10.2. The third-order valence-electron chi connectivity index (χ3n) is 2.25. The molecule has 1 heterocycles. The van der Waals surface area contributed by atoms with Gasteiger partial charge in [0.15, 0.2) is 0 Å². The first-order valence-electron chi connectivity index (χ1n) is 4.61. The predicted octanol–water partition coefficient (Wildman–Crippen LogP) is 2.09. The summed E-state index contributed by atoms with van der Waals surface area (Å²) in [5.41, 5.74) is 1.32. The van der Waals surface area contributed by atoms with Crippen LogP contribution in [0.4, 0.5) is 13.2 Å². The van der Waals surface area contributed by atoms with E-state index < -0.39 is 12.7 Å². The van der Waals surface area contributed by atoms with E-state index in [9.17, 15) is 13.2 Å². The van der Waals surface area contributed by atoms with Crippen molar-refractivity contribution in [3.63, 3.8) is 0 Å². The molecule has 86 valence electrons. The maximum Gasteiger partial charge on any atom is 0.406 e. The van der Waals surface area contributed by atoms with E-state index >= 15 is 0 Å². The van der Waals surface area contributed by atoms with Crippen molar-refractivity contribution < 1.29 is 18.3 Å². The summed E-state index contributed by atoms with van der Waals surface area (Å²) in [6, 6.07) is 4.78. The third-order valence-corrected chi connectivity index (χ3v) is 2.25. The second-order valence-corrected chi connectivity index (χ2v) is 3.43. The van der Waals surface area contributed by atoms with E-state index in [1.54, 1.807) is 18.2 Å². The Hall–Kier alpha value is -1.56. The lowest BCUT2D eigenvalue weighted by molar-refractivity contribution is -0.139. The Balaban J connectivity index is 2.49. The highest BCUT2D eigenvalue weighted by Gasteiger charge is 2.28. The predicted molar refractivity (Wildman–Crippen MR) is 51.7 cm³/mol. The lowest BCUT2D eigenvalue weighted by Gasteiger charge is -2.08. The zero-order valence-corrected chi connectivity index (χ0v) is 8.20. The van der Waals surface area contributed by atoms with E-state index in [2.05, 4.69) is 4.98 Å². The van der Waals surface area contributed by atoms with Gasteiger partial charge in [-0.3, -0.25) is 0 Å². The first-order chi connectivity index (χ1) is 7.51. The molecule has 2 aromatic rings. The number of hydrogen-bond acceptors (Lipinski definition) is 2. The highest BCUT2D eigenvalue weighted by Crippen LogP contribution is 2.22. The van der Waals surface area contributed by atoms with Crippen LogP contribution in [0.1, 0.15) is 5.56 Å². The molecule has 0 saturated heterocycles. The van der Waals surface area contributed by atoms with Gasteiger partial charge in [0, 0.05) is 5.56 Å². The van der Waals surface area contributed by atoms with Crippen molar-refractivity contribution in [1.29, 1.82) is 0 Å². The van der Waals surface area contributed by atoms with Gasteiger partial charge in [-0.1, -0.05) is 12.1 Å². The molecule has 2 rings (SSSR count). The van der Waals surface area contributed by atoms with Gasteiger partial charge in [0.1, 0.15) is 6.54 Å². The second-order valence-electron chi connectivity index (χ2n) is 3.43. The number of halogens is 3. The van der Waals surface area contributed by atoms with E-state index in [1.165, 1.54) is 0 Å². The Kier molecular flexibility index (Phi) is 2.59. The largest absolute Gasteiger partial charge is 0.406 e. The van der Waals surface area contributed by atoms with Crippen molar-refractivity contribution in [2.75, 3.05) is 0 Å². The van der Waals surface area contributed by atoms with E-state index in [1.807, 2.05) is 0 Å². The Morgan fingerprint density at radius 3 is 2.69 bits per heavy atom. The summed E-state index contributed by atoms with van der Waals surface area (Å²) in [5, 5.41) is 9.01. The van der Waals surface area contributed by atoms with Gasteiger partial charge in [-0.15, -0.1) is 0 Å². The average molecular weight is 230 g/mol. The van der Waals surface area contributed by atoms with E-state index in [0.717, 1.165) is 10.9 Å². The van der Waals surface area contributed by atoms with Crippen molar-refractivity contribution in [2.45, 2.75) is 19.3 Å². The number of nitrogens with zero attached hydrogens (tertiary/aromatic N) is 2. The summed E-state index contributed by atoms with van der Waals surface area (Å²) >= 11 is 0. The smallest absolute Gasteiger partial charge is 0.392 e. The third kappa shape index (κ3) is 2.01. The molecule has 0 aliphatic rings. The van der Waals surface area contributed by atoms with Gasteiger partial charge in [0.05, 0.1) is 24.0 Å². The Bertz CT molecular complexity index is 504. The standard InChI is InChI=1S/C10H9F3N2O/c11-10(12,13)5-15-6-14-9-7(4-16)2-1-3-8(9)15/h1-3,6,16H,4-5H2. The molecule has 1 N–H and O–H groups in total. The van der Waals surface area contributed by atoms with Crippen molar-refractivity contribution in [2.24, 2.45) is 0 Å². The number of benzene rings is 1. The minimum Gasteiger partial charge on any atom is -0.392 e. The van der Waals surface area contributed by atoms with Crippen molar-refractivity contribution in [3.8, 4) is 0 Å². The van der Waals surface area contributed by atoms with Crippen LogP contribution in [0.2, 0.25) is 0 Å². The monoisotopic (exact) mass is 230 g/mol. The minimum atomic E-state index is -4.27. The molecule has 1 aromatic heterocycles. The van der Waals surface area contributed by atoms with Gasteiger partial charge in [-0.25, -0.2) is 4.98 Å². The maximum atomic E-state index is 12.2. The summed E-state index contributed by atoms with van der Waals surface area (Å²) < 4.78 is 37.7. The first kappa shape index (κ1) is 10.9. The van der Waals surface area contributed by atoms with Gasteiger partial charge in [-0.2, -0.15) is 13.2 Å². The maximum absolute atomic E-state index is 12.2. The van der Waals surface area contributed by atoms with E-state index in [-0.39, 0.29) is 6.61 Å². The fourth-order valence-corrected chi connectivity index (χ4v) is 1.59. The number of hydrogen-bond donors (Lipinski definition) is 1. The Morgan fingerprint density at radius 1 is 1.31 bits per heavy atom. The first-order valence-corrected chi connectivity index (χ1v) is 4.61. The second kappa shape index (κ2) is 3.79. The van der Waals surface area contributed by atoms with Gasteiger partial charge in [0.25, 0.3) is 0 Å². The molecule has 1 aromatic carbocycles. The van der Waals surface area contributed by atoms with Crippen molar-refractivity contribution in [3.05, 3.63) is 30.1 Å². The summed E-state index contributed by atoms with van der Waals surface area (Å²) in [7, 11) is 0. The molecule has 0 fully saturated rings. The van der Waals surface area contributed by atoms with Gasteiger partial charge >= 0.3 is 6.18 Å². The van der Waals surface area contributed by atoms with Crippen LogP contribution >= 0.6 is 0 Å². The zero-order valence-electron chi connectivity index (χ0n) is 8.20. The Labute approximate surface area is 89.1 Å². The number of rotatable bonds is 2. The molecule has 0 amide bonds. The van der Waals surface area contributed by atoms with Crippen molar-refractivity contribution >= 4 is 11.0 Å². The normalized spacial score (nSPS) is 12.2. The molecule has 3 nitrogen and oxygen atoms in total. The van der Waals surface area contributed by atoms with Crippen LogP contribution in [-0.4, -0.2) is 20.8 Å². The molecule has 0 saturated carbocycles. The van der Waals surface area contributed by atoms with Crippen LogP contribution in [-0.2, 0) is 13.2 Å². The summed E-state index contributed by atoms with van der Waals surface area (Å²) in [6.45, 7) is -1.31. The minimum absolute atomic E-state index is 0.236. The molecule has 0 bridgehead atoms. The average Bonchev–Trinajstić information content (AvgIpc) is 2.59. The number of aromatic nitrogens is 2. The molecule has 0 aliphatic heterocycles. The highest BCUT2D eigenvalue weighted by atomic mass is 19.4. The van der Waals surface area contributed by atoms with Crippen LogP contribution in [0.5, 0.6) is 0 Å². The van der Waals surface area contributed by atoms with Gasteiger partial charge in [-0.05, 0) is 6.07 Å². The van der Waals surface area contributed by atoms with Crippen LogP contribution in [0, 0.1) is 0 Å². The SMILES string of the molecule is OCc1cccc2c1ncn2CC(F)(F)F. The molecule has 0 unspecified atom stereocenters. The lowest BCUT2D eigenvalue weighted by Crippen LogP contribution is -2.16. The number of alkyl halides is 3. The van der Waals surface area contributed by atoms with Crippen LogP contribution in [0.3, 0.4) is 0 Å². The fourth-order valence-electron chi connectivity index (χ4n) is 1.59. The van der Waals surface area contributed by atoms with Crippen molar-refractivity contribution in [1.82, 2.24) is 9.55 Å². The number of para-hydroxylation sites is 1. The number of fused-ring (bicyclic) bond motifs is 1. The molecular formula is C10H9F3N2O. The summed E-state index contributed by atoms with van der Waals surface area (Å²) in [4.78, 5) is 3.88. The van der Waals surface area contributed by atoms with Crippen LogP contribution < -0.4 is 0 Å². The molecule has 16 heavy (non-hydrogen) atoms. The van der Waals surface area contributed by atoms with Crippen LogP contribution in [0.25, 0.3) is 11.0 Å². The summed E-state index contributed by atoms with van der Waals surface area (Å²) in [6.07, 6.45) is -3.14. The Morgan fingerprint density at radius 2 is 2.06 bits per heavy atom. The van der Waals surface area contributed by atoms with Gasteiger partial charge in [0.2, 0.25) is 0 Å². The zero-order chi connectivity index (χ0) is 11.8.